The van der Waals surface area contributed by atoms with E-state index in [4.69, 9.17) is 11.6 Å². The Morgan fingerprint density at radius 2 is 1.52 bits per heavy atom. The first-order valence-corrected chi connectivity index (χ1v) is 12.1. The van der Waals surface area contributed by atoms with Gasteiger partial charge in [-0.2, -0.15) is 0 Å². The molecule has 29 heavy (non-hydrogen) atoms. The van der Waals surface area contributed by atoms with E-state index in [9.17, 15) is 0 Å². The van der Waals surface area contributed by atoms with Crippen molar-refractivity contribution in [2.45, 2.75) is 82.6 Å². The fourth-order valence-electron chi connectivity index (χ4n) is 4.84. The third-order valence-corrected chi connectivity index (χ3v) is 7.23. The van der Waals surface area contributed by atoms with Crippen LogP contribution < -0.4 is 0 Å². The number of halogens is 1. The lowest BCUT2D eigenvalue weighted by atomic mass is 9.83. The van der Waals surface area contributed by atoms with E-state index in [0.29, 0.717) is 11.4 Å². The molecule has 0 radical (unpaired) electrons. The van der Waals surface area contributed by atoms with Crippen molar-refractivity contribution < 1.29 is 0 Å². The highest BCUT2D eigenvalue weighted by Crippen LogP contribution is 2.35. The molecule has 2 aromatic rings. The maximum Gasteiger partial charge on any atom is 0.0336 e. The van der Waals surface area contributed by atoms with E-state index >= 15 is 0 Å². The molecule has 0 spiro atoms. The molecule has 1 unspecified atom stereocenters. The summed E-state index contributed by atoms with van der Waals surface area (Å²) in [5.41, 5.74) is 4.44. The molecule has 0 amide bonds. The Labute approximate surface area is 183 Å². The number of rotatable bonds is 10. The van der Waals surface area contributed by atoms with Gasteiger partial charge < -0.3 is 4.90 Å². The summed E-state index contributed by atoms with van der Waals surface area (Å²) in [6.45, 7) is 6.93. The van der Waals surface area contributed by atoms with E-state index in [1.807, 2.05) is 0 Å². The summed E-state index contributed by atoms with van der Waals surface area (Å²) in [5, 5.41) is 0.403. The zero-order valence-corrected chi connectivity index (χ0v) is 19.1. The van der Waals surface area contributed by atoms with Crippen LogP contribution in [-0.2, 0) is 12.8 Å². The molecule has 1 saturated carbocycles. The molecule has 2 heteroatoms. The molecule has 1 atom stereocenters. The molecule has 1 nitrogen and oxygen atoms in total. The Hall–Kier alpha value is -1.31. The normalized spacial score (nSPS) is 20.7. The second-order valence-corrected chi connectivity index (χ2v) is 9.27. The summed E-state index contributed by atoms with van der Waals surface area (Å²) in [7, 11) is 0. The molecule has 1 aliphatic carbocycles. The summed E-state index contributed by atoms with van der Waals surface area (Å²) in [6.07, 6.45) is 9.62. The minimum atomic E-state index is 0.403. The monoisotopic (exact) mass is 411 g/mol. The van der Waals surface area contributed by atoms with Crippen LogP contribution in [0.1, 0.15) is 75.0 Å². The van der Waals surface area contributed by atoms with Crippen LogP contribution in [0.5, 0.6) is 0 Å². The number of likely N-dealkylation sites (N-methyl/N-ethyl adjacent to an activating group) is 1. The Morgan fingerprint density at radius 1 is 0.862 bits per heavy atom. The predicted molar refractivity (Wildman–Crippen MR) is 127 cm³/mol. The van der Waals surface area contributed by atoms with Gasteiger partial charge in [0.1, 0.15) is 0 Å². The first kappa shape index (κ1) is 22.4. The number of benzene rings is 2. The van der Waals surface area contributed by atoms with E-state index in [0.717, 1.165) is 25.4 Å². The molecule has 158 valence electrons. The van der Waals surface area contributed by atoms with E-state index in [1.165, 1.54) is 61.6 Å². The largest absolute Gasteiger partial charge is 0.300 e. The fraction of sp³-hybridized carbons (Fsp3) is 0.556. The van der Waals surface area contributed by atoms with Gasteiger partial charge in [-0.25, -0.2) is 0 Å². The van der Waals surface area contributed by atoms with Gasteiger partial charge in [0.05, 0.1) is 0 Å². The van der Waals surface area contributed by atoms with Crippen molar-refractivity contribution in [2.24, 2.45) is 0 Å². The Kier molecular flexibility index (Phi) is 9.08. The molecule has 1 fully saturated rings. The second kappa shape index (κ2) is 11.8. The molecule has 0 bridgehead atoms. The summed E-state index contributed by atoms with van der Waals surface area (Å²) in [5.74, 6) is 0.719. The lowest BCUT2D eigenvalue weighted by Crippen LogP contribution is -2.36. The van der Waals surface area contributed by atoms with E-state index in [1.54, 1.807) is 0 Å². The highest BCUT2D eigenvalue weighted by molar-refractivity contribution is 6.20. The van der Waals surface area contributed by atoms with Crippen molar-refractivity contribution in [3.05, 3.63) is 71.3 Å². The first-order chi connectivity index (χ1) is 14.2. The van der Waals surface area contributed by atoms with Crippen LogP contribution in [0.2, 0.25) is 0 Å². The van der Waals surface area contributed by atoms with Crippen molar-refractivity contribution in [1.82, 2.24) is 4.90 Å². The molecule has 0 heterocycles. The average Bonchev–Trinajstić information content (AvgIpc) is 2.77. The molecule has 0 saturated heterocycles. The van der Waals surface area contributed by atoms with Crippen LogP contribution in [0.25, 0.3) is 0 Å². The average molecular weight is 412 g/mol. The van der Waals surface area contributed by atoms with E-state index < -0.39 is 0 Å². The van der Waals surface area contributed by atoms with Crippen molar-refractivity contribution in [3.8, 4) is 0 Å². The summed E-state index contributed by atoms with van der Waals surface area (Å²) in [6, 6.07) is 21.1. The lowest BCUT2D eigenvalue weighted by molar-refractivity contribution is 0.193. The van der Waals surface area contributed by atoms with Crippen LogP contribution in [0.15, 0.2) is 54.6 Å². The highest BCUT2D eigenvalue weighted by atomic mass is 35.5. The molecular formula is C27H38ClN. The van der Waals surface area contributed by atoms with Gasteiger partial charge in [0, 0.05) is 18.0 Å². The van der Waals surface area contributed by atoms with Gasteiger partial charge in [-0.15, -0.1) is 11.6 Å². The SMILES string of the molecule is CCC(CCc1ccc(C2CCC(Cl)CC2)cc1)N(CC)CCc1ccccc1. The number of aryl methyl sites for hydroxylation is 1. The number of nitrogens with zero attached hydrogens (tertiary/aromatic N) is 1. The maximum atomic E-state index is 6.27. The van der Waals surface area contributed by atoms with E-state index in [-0.39, 0.29) is 0 Å². The number of alkyl halides is 1. The Bertz CT molecular complexity index is 688. The number of hydrogen-bond donors (Lipinski definition) is 0. The summed E-state index contributed by atoms with van der Waals surface area (Å²) >= 11 is 6.27. The molecule has 0 aliphatic heterocycles. The quantitative estimate of drug-likeness (QED) is 0.373. The maximum absolute atomic E-state index is 6.27. The van der Waals surface area contributed by atoms with Crippen LogP contribution in [0.3, 0.4) is 0 Å². The van der Waals surface area contributed by atoms with Gasteiger partial charge in [-0.3, -0.25) is 0 Å². The Balaban J connectivity index is 1.49. The van der Waals surface area contributed by atoms with Crippen molar-refractivity contribution in [2.75, 3.05) is 13.1 Å². The molecule has 1 aliphatic rings. The van der Waals surface area contributed by atoms with Crippen LogP contribution in [0, 0.1) is 0 Å². The van der Waals surface area contributed by atoms with Gasteiger partial charge in [-0.1, -0.05) is 68.4 Å². The van der Waals surface area contributed by atoms with Crippen molar-refractivity contribution in [1.29, 1.82) is 0 Å². The van der Waals surface area contributed by atoms with Crippen molar-refractivity contribution in [3.63, 3.8) is 0 Å². The van der Waals surface area contributed by atoms with Crippen LogP contribution in [0.4, 0.5) is 0 Å². The van der Waals surface area contributed by atoms with Gasteiger partial charge >= 0.3 is 0 Å². The summed E-state index contributed by atoms with van der Waals surface area (Å²) in [4.78, 5) is 2.67. The Morgan fingerprint density at radius 3 is 2.14 bits per heavy atom. The topological polar surface area (TPSA) is 3.24 Å². The molecule has 2 aromatic carbocycles. The minimum Gasteiger partial charge on any atom is -0.300 e. The molecule has 0 aromatic heterocycles. The molecular weight excluding hydrogens is 374 g/mol. The van der Waals surface area contributed by atoms with Gasteiger partial charge in [0.25, 0.3) is 0 Å². The third-order valence-electron chi connectivity index (χ3n) is 6.80. The number of hydrogen-bond acceptors (Lipinski definition) is 1. The zero-order valence-electron chi connectivity index (χ0n) is 18.3. The fourth-order valence-corrected chi connectivity index (χ4v) is 5.09. The minimum absolute atomic E-state index is 0.403. The highest BCUT2D eigenvalue weighted by Gasteiger charge is 2.21. The third kappa shape index (κ3) is 6.86. The van der Waals surface area contributed by atoms with Gasteiger partial charge in [-0.05, 0) is 80.5 Å². The van der Waals surface area contributed by atoms with E-state index in [2.05, 4.69) is 73.3 Å². The smallest absolute Gasteiger partial charge is 0.0336 e. The van der Waals surface area contributed by atoms with Crippen molar-refractivity contribution >= 4 is 11.6 Å². The first-order valence-electron chi connectivity index (χ1n) is 11.7. The van der Waals surface area contributed by atoms with Gasteiger partial charge in [0.15, 0.2) is 0 Å². The predicted octanol–water partition coefficient (Wildman–Crippen LogP) is 7.23. The summed E-state index contributed by atoms with van der Waals surface area (Å²) < 4.78 is 0. The molecule has 3 rings (SSSR count). The standard InChI is InChI=1S/C27H38ClN/c1-3-27(29(4-2)21-20-22-8-6-5-7-9-22)19-12-23-10-13-24(14-11-23)25-15-17-26(28)18-16-25/h5-11,13-14,25-27H,3-4,12,15-21H2,1-2H3. The second-order valence-electron chi connectivity index (χ2n) is 8.66. The van der Waals surface area contributed by atoms with Crippen LogP contribution >= 0.6 is 11.6 Å². The zero-order chi connectivity index (χ0) is 20.5. The van der Waals surface area contributed by atoms with Gasteiger partial charge in [0.2, 0.25) is 0 Å². The lowest BCUT2D eigenvalue weighted by Gasteiger charge is -2.30. The van der Waals surface area contributed by atoms with Crippen LogP contribution in [-0.4, -0.2) is 29.4 Å². The molecule has 0 N–H and O–H groups in total.